The van der Waals surface area contributed by atoms with Crippen LogP contribution in [0.5, 0.6) is 0 Å². The molecule has 0 saturated heterocycles. The Kier molecular flexibility index (Phi) is 22.8. The summed E-state index contributed by atoms with van der Waals surface area (Å²) in [6, 6.07) is 61.5. The molecule has 0 saturated carbocycles. The normalized spacial score (nSPS) is 9.83. The van der Waals surface area contributed by atoms with Gasteiger partial charge in [0.2, 0.25) is 0 Å². The summed E-state index contributed by atoms with van der Waals surface area (Å²) in [5.41, 5.74) is 13.2. The number of para-hydroxylation sites is 3. The summed E-state index contributed by atoms with van der Waals surface area (Å²) in [5.74, 6) is 2.19. The molecule has 0 aliphatic carbocycles. The van der Waals surface area contributed by atoms with Crippen LogP contribution < -0.4 is 15.0 Å². The zero-order valence-corrected chi connectivity index (χ0v) is 48.1. The van der Waals surface area contributed by atoms with Gasteiger partial charge in [-0.15, -0.1) is 11.2 Å². The van der Waals surface area contributed by atoms with Gasteiger partial charge in [0, 0.05) is 111 Å². The van der Waals surface area contributed by atoms with E-state index in [1.165, 1.54) is 0 Å². The van der Waals surface area contributed by atoms with E-state index in [1.54, 1.807) is 24.8 Å². The number of nitrogens with one attached hydrogen (secondary N) is 1. The van der Waals surface area contributed by atoms with Crippen molar-refractivity contribution in [1.82, 2.24) is 54.8 Å². The van der Waals surface area contributed by atoms with Gasteiger partial charge in [0.15, 0.2) is 5.82 Å². The molecule has 71 heavy (non-hydrogen) atoms. The van der Waals surface area contributed by atoms with Gasteiger partial charge in [-0.05, 0) is 114 Å². The second-order valence-electron chi connectivity index (χ2n) is 14.9. The molecule has 8 heterocycles. The molecule has 1 N–H and O–H groups in total. The Balaban J connectivity index is 0.000000206. The number of aryl methyl sites for hydroxylation is 2. The molecule has 0 fully saturated rings. The number of fused-ring (bicyclic) bond motifs is 2. The van der Waals surface area contributed by atoms with Gasteiger partial charge in [0.05, 0.1) is 22.4 Å². The van der Waals surface area contributed by atoms with Crippen LogP contribution in [0, 0.1) is 21.3 Å². The molecule has 0 atom stereocenters. The van der Waals surface area contributed by atoms with E-state index in [2.05, 4.69) is 81.3 Å². The predicted molar refractivity (Wildman–Crippen MR) is 268 cm³/mol. The number of rotatable bonds is 6. The van der Waals surface area contributed by atoms with Crippen molar-refractivity contribution in [2.24, 2.45) is 0 Å². The van der Waals surface area contributed by atoms with Crippen LogP contribution in [0.15, 0.2) is 213 Å². The fourth-order valence-corrected chi connectivity index (χ4v) is 6.90. The van der Waals surface area contributed by atoms with Crippen LogP contribution in [0.3, 0.4) is 0 Å². The van der Waals surface area contributed by atoms with Crippen molar-refractivity contribution in [2.75, 3.05) is 0 Å². The van der Waals surface area contributed by atoms with Crippen molar-refractivity contribution in [2.45, 2.75) is 13.8 Å². The smallest absolute Gasteiger partial charge is 0.157 e. The minimum atomic E-state index is 0. The Morgan fingerprint density at radius 1 is 0.423 bits per heavy atom. The average Bonchev–Trinajstić information content (AvgIpc) is 4.22. The number of aromatic nitrogens is 11. The fraction of sp³-hybridized carbons (Fsp3) is 0.0357. The van der Waals surface area contributed by atoms with Crippen LogP contribution in [0.4, 0.5) is 0 Å². The van der Waals surface area contributed by atoms with E-state index in [0.29, 0.717) is 5.82 Å². The van der Waals surface area contributed by atoms with E-state index in [4.69, 9.17) is 9.97 Å². The average molecular weight is 1640 g/mol. The van der Waals surface area contributed by atoms with Crippen LogP contribution in [0.25, 0.3) is 90.4 Å². The Morgan fingerprint density at radius 2 is 0.915 bits per heavy atom. The number of H-pyrrole nitrogens is 1. The molecule has 0 amide bonds. The number of pyridine rings is 4. The van der Waals surface area contributed by atoms with Crippen LogP contribution >= 0.6 is 0 Å². The summed E-state index contributed by atoms with van der Waals surface area (Å²) in [4.78, 5) is 47.4. The topological polar surface area (TPSA) is 148 Å². The SMILES string of the molecule is Cc1nc(-c2ccccn2)[n-]c1C.[CH3-].[Ir].[Ir].[Ir].[Ir].c1ccc(-c2cc3ccccc3[n-]2)nc1.c1ccc(-c2nc(-c3ccccn3)[n-]c2-c2ccccc2)cc1.c1ccc(-c2nc3ccccc3[nH]2)nc1. The molecule has 364 valence electrons. The first-order chi connectivity index (χ1) is 32.6. The molecule has 11 nitrogen and oxygen atoms in total. The minimum Gasteiger partial charge on any atom is -0.656 e. The maximum Gasteiger partial charge on any atom is 0.157 e. The Labute approximate surface area is 467 Å². The summed E-state index contributed by atoms with van der Waals surface area (Å²) in [5, 5.41) is 1.16. The largest absolute Gasteiger partial charge is 0.656 e. The van der Waals surface area contributed by atoms with Crippen LogP contribution in [0.1, 0.15) is 11.4 Å². The van der Waals surface area contributed by atoms with Gasteiger partial charge in [-0.3, -0.25) is 19.9 Å². The van der Waals surface area contributed by atoms with Crippen LogP contribution in [-0.4, -0.2) is 39.9 Å². The van der Waals surface area contributed by atoms with Gasteiger partial charge in [0.1, 0.15) is 5.69 Å². The summed E-state index contributed by atoms with van der Waals surface area (Å²) in [6.07, 6.45) is 7.06. The Morgan fingerprint density at radius 3 is 1.45 bits per heavy atom. The summed E-state index contributed by atoms with van der Waals surface area (Å²) in [7, 11) is 0. The van der Waals surface area contributed by atoms with Crippen molar-refractivity contribution < 1.29 is 80.4 Å². The maximum atomic E-state index is 4.75. The third-order valence-electron chi connectivity index (χ3n) is 10.3. The molecule has 0 spiro atoms. The Hall–Kier alpha value is -6.49. The van der Waals surface area contributed by atoms with Crippen molar-refractivity contribution in [3.63, 3.8) is 0 Å². The van der Waals surface area contributed by atoms with Gasteiger partial charge < -0.3 is 37.3 Å². The summed E-state index contributed by atoms with van der Waals surface area (Å²) >= 11 is 0. The minimum absolute atomic E-state index is 0. The molecular formula is C56H45Ir4N11-4. The van der Waals surface area contributed by atoms with E-state index in [-0.39, 0.29) is 87.8 Å². The Bertz CT molecular complexity index is 3130. The second-order valence-corrected chi connectivity index (χ2v) is 14.9. The van der Waals surface area contributed by atoms with Gasteiger partial charge >= 0.3 is 0 Å². The van der Waals surface area contributed by atoms with Crippen molar-refractivity contribution in [1.29, 1.82) is 0 Å². The first-order valence-corrected chi connectivity index (χ1v) is 21.3. The zero-order valence-electron chi connectivity index (χ0n) is 38.5. The van der Waals surface area contributed by atoms with Gasteiger partial charge in [0.25, 0.3) is 0 Å². The first-order valence-electron chi connectivity index (χ1n) is 21.3. The van der Waals surface area contributed by atoms with Gasteiger partial charge in [-0.2, -0.15) is 0 Å². The molecule has 4 radical (unpaired) electrons. The second kappa shape index (κ2) is 28.4. The van der Waals surface area contributed by atoms with Gasteiger partial charge in [-0.25, -0.2) is 4.98 Å². The van der Waals surface area contributed by atoms with Crippen molar-refractivity contribution >= 4 is 21.9 Å². The molecule has 0 bridgehead atoms. The molecule has 8 aromatic heterocycles. The molecular weight excluding hydrogens is 1600 g/mol. The molecule has 12 rings (SSSR count). The molecule has 0 unspecified atom stereocenters. The molecule has 0 aliphatic rings. The predicted octanol–water partition coefficient (Wildman–Crippen LogP) is 12.1. The number of imidazole rings is 3. The third kappa shape index (κ3) is 14.8. The fourth-order valence-electron chi connectivity index (χ4n) is 6.90. The number of hydrogen-bond donors (Lipinski definition) is 1. The van der Waals surface area contributed by atoms with E-state index in [0.717, 1.165) is 96.0 Å². The molecule has 15 heteroatoms. The van der Waals surface area contributed by atoms with E-state index in [1.807, 2.05) is 166 Å². The molecule has 4 aromatic carbocycles. The van der Waals surface area contributed by atoms with Crippen LogP contribution in [0.2, 0.25) is 0 Å². The molecule has 0 aliphatic heterocycles. The maximum absolute atomic E-state index is 4.75. The van der Waals surface area contributed by atoms with E-state index >= 15 is 0 Å². The van der Waals surface area contributed by atoms with Crippen LogP contribution in [-0.2, 0) is 80.4 Å². The van der Waals surface area contributed by atoms with Gasteiger partial charge in [-0.1, -0.05) is 139 Å². The van der Waals surface area contributed by atoms with E-state index in [9.17, 15) is 0 Å². The van der Waals surface area contributed by atoms with Crippen molar-refractivity contribution in [3.8, 4) is 68.5 Å². The first kappa shape index (κ1) is 57.1. The van der Waals surface area contributed by atoms with E-state index < -0.39 is 0 Å². The quantitative estimate of drug-likeness (QED) is 0.160. The van der Waals surface area contributed by atoms with Crippen molar-refractivity contribution in [3.05, 3.63) is 232 Å². The number of nitrogens with zero attached hydrogens (tertiary/aromatic N) is 10. The number of benzene rings is 4. The monoisotopic (exact) mass is 1640 g/mol. The number of hydrogen-bond acceptors (Lipinski definition) is 7. The standard InChI is InChI=1S/C20H14N3.C13H9N2.C12H9N3.C10H10N3.CH3.4Ir/c1-3-9-15(10-4-1)18-19(16-11-5-2-6-12-16)23-20(22-18)17-13-7-8-14-21-17;1-2-6-11-10(5-1)9-13(15-11)12-7-3-4-8-14-12;1-2-6-10-9(5-1)14-12(15-10)11-7-3-4-8-13-11;1-7-8(2)13-10(12-7)9-5-3-4-6-11-9;;;;;/h1-14H;1-9H;1-8H,(H,14,15);3-6H,1-2H3;1H3;;;;/q2*-1;;2*-1;;;;. The zero-order chi connectivity index (χ0) is 44.9. The third-order valence-corrected chi connectivity index (χ3v) is 10.3. The summed E-state index contributed by atoms with van der Waals surface area (Å²) < 4.78 is 0. The number of aromatic amines is 1. The summed E-state index contributed by atoms with van der Waals surface area (Å²) in [6.45, 7) is 3.91. The molecule has 12 aromatic rings.